The third-order valence-electron chi connectivity index (χ3n) is 1.90. The Balaban J connectivity index is 3.83. The minimum absolute atomic E-state index is 0.190. The van der Waals surface area contributed by atoms with Gasteiger partial charge in [0.05, 0.1) is 12.7 Å². The molecule has 0 unspecified atom stereocenters. The summed E-state index contributed by atoms with van der Waals surface area (Å²) < 4.78 is 5.63. The van der Waals surface area contributed by atoms with Gasteiger partial charge in [0.25, 0.3) is 0 Å². The molecule has 0 heterocycles. The van der Waals surface area contributed by atoms with Crippen molar-refractivity contribution in [1.29, 1.82) is 0 Å². The van der Waals surface area contributed by atoms with E-state index >= 15 is 0 Å². The average Bonchev–Trinajstić information content (AvgIpc) is 1.97. The average molecular weight is 201 g/mol. The van der Waals surface area contributed by atoms with Crippen LogP contribution in [-0.4, -0.2) is 24.8 Å². The normalized spacial score (nSPS) is 13.7. The van der Waals surface area contributed by atoms with Gasteiger partial charge in [0.2, 0.25) is 0 Å². The van der Waals surface area contributed by atoms with E-state index in [1.807, 2.05) is 0 Å². The molecule has 0 bridgehead atoms. The molecule has 0 aliphatic carbocycles. The third kappa shape index (κ3) is 8.52. The zero-order valence-corrected chi connectivity index (χ0v) is 10.9. The fourth-order valence-corrected chi connectivity index (χ4v) is 0.948. The van der Waals surface area contributed by atoms with Gasteiger partial charge >= 0.3 is 0 Å². The summed E-state index contributed by atoms with van der Waals surface area (Å²) in [5.41, 5.74) is 0.395. The maximum atomic E-state index is 5.63. The molecule has 2 nitrogen and oxygen atoms in total. The molecule has 0 spiro atoms. The van der Waals surface area contributed by atoms with E-state index in [1.165, 1.54) is 0 Å². The van der Waals surface area contributed by atoms with Crippen molar-refractivity contribution in [2.45, 2.75) is 60.1 Å². The molecule has 0 rings (SSSR count). The van der Waals surface area contributed by atoms with E-state index < -0.39 is 0 Å². The Hall–Kier alpha value is -0.0800. The number of nitrogens with one attached hydrogen (secondary N) is 1. The second-order valence-corrected chi connectivity index (χ2v) is 6.13. The first kappa shape index (κ1) is 13.9. The van der Waals surface area contributed by atoms with E-state index in [2.05, 4.69) is 53.8 Å². The van der Waals surface area contributed by atoms with Crippen LogP contribution in [0.15, 0.2) is 0 Å². The Morgan fingerprint density at radius 1 is 1.07 bits per heavy atom. The fourth-order valence-electron chi connectivity index (χ4n) is 0.948. The van der Waals surface area contributed by atoms with Crippen molar-refractivity contribution in [3.63, 3.8) is 0 Å². The molecule has 0 saturated carbocycles. The summed E-state index contributed by atoms with van der Waals surface area (Å²) in [7, 11) is 0. The van der Waals surface area contributed by atoms with Crippen molar-refractivity contribution < 1.29 is 4.74 Å². The summed E-state index contributed by atoms with van der Waals surface area (Å²) in [5.74, 6) is 0. The first-order valence-corrected chi connectivity index (χ1v) is 5.49. The molecular formula is C12H27NO. The molecule has 2 heteroatoms. The van der Waals surface area contributed by atoms with Crippen LogP contribution in [0, 0.1) is 5.41 Å². The SMILES string of the molecule is CC(C)OCC(C)(C)CNC(C)(C)C. The zero-order valence-electron chi connectivity index (χ0n) is 10.9. The van der Waals surface area contributed by atoms with Crippen molar-refractivity contribution in [1.82, 2.24) is 5.32 Å². The summed E-state index contributed by atoms with van der Waals surface area (Å²) in [5, 5.41) is 3.51. The second kappa shape index (κ2) is 5.13. The van der Waals surface area contributed by atoms with Crippen LogP contribution in [0.4, 0.5) is 0 Å². The van der Waals surface area contributed by atoms with Crippen molar-refractivity contribution >= 4 is 0 Å². The van der Waals surface area contributed by atoms with Gasteiger partial charge in [0.15, 0.2) is 0 Å². The first-order valence-electron chi connectivity index (χ1n) is 5.49. The standard InChI is InChI=1S/C12H27NO/c1-10(2)14-9-12(6,7)8-13-11(3,4)5/h10,13H,8-9H2,1-7H3. The molecule has 0 aromatic carbocycles. The van der Waals surface area contributed by atoms with Crippen molar-refractivity contribution in [3.8, 4) is 0 Å². The Labute approximate surface area is 89.4 Å². The van der Waals surface area contributed by atoms with E-state index in [9.17, 15) is 0 Å². The molecule has 0 radical (unpaired) electrons. The van der Waals surface area contributed by atoms with Gasteiger partial charge in [-0.25, -0.2) is 0 Å². The highest BCUT2D eigenvalue weighted by molar-refractivity contribution is 4.78. The molecule has 0 atom stereocenters. The highest BCUT2D eigenvalue weighted by Crippen LogP contribution is 2.16. The number of ether oxygens (including phenoxy) is 1. The second-order valence-electron chi connectivity index (χ2n) is 6.13. The lowest BCUT2D eigenvalue weighted by atomic mass is 9.93. The lowest BCUT2D eigenvalue weighted by molar-refractivity contribution is 0.0196. The molecule has 0 amide bonds. The van der Waals surface area contributed by atoms with Crippen molar-refractivity contribution in [3.05, 3.63) is 0 Å². The zero-order chi connectivity index (χ0) is 11.4. The van der Waals surface area contributed by atoms with Crippen LogP contribution in [0.1, 0.15) is 48.5 Å². The van der Waals surface area contributed by atoms with Crippen LogP contribution in [0.5, 0.6) is 0 Å². The topological polar surface area (TPSA) is 21.3 Å². The van der Waals surface area contributed by atoms with Gasteiger partial charge in [-0.05, 0) is 34.6 Å². The summed E-state index contributed by atoms with van der Waals surface area (Å²) in [4.78, 5) is 0. The van der Waals surface area contributed by atoms with E-state index in [0.717, 1.165) is 13.2 Å². The van der Waals surface area contributed by atoms with Crippen LogP contribution in [0.25, 0.3) is 0 Å². The molecule has 86 valence electrons. The number of hydrogen-bond donors (Lipinski definition) is 1. The van der Waals surface area contributed by atoms with Gasteiger partial charge in [0.1, 0.15) is 0 Å². The highest BCUT2D eigenvalue weighted by atomic mass is 16.5. The predicted octanol–water partition coefficient (Wildman–Crippen LogP) is 2.83. The van der Waals surface area contributed by atoms with Crippen LogP contribution < -0.4 is 5.32 Å². The summed E-state index contributed by atoms with van der Waals surface area (Å²) in [6, 6.07) is 0. The van der Waals surface area contributed by atoms with Crippen LogP contribution in [0.3, 0.4) is 0 Å². The Morgan fingerprint density at radius 2 is 1.57 bits per heavy atom. The summed E-state index contributed by atoms with van der Waals surface area (Å²) in [6.45, 7) is 17.0. The van der Waals surface area contributed by atoms with Crippen molar-refractivity contribution in [2.24, 2.45) is 5.41 Å². The molecule has 0 fully saturated rings. The van der Waals surface area contributed by atoms with Crippen molar-refractivity contribution in [2.75, 3.05) is 13.2 Å². The fraction of sp³-hybridized carbons (Fsp3) is 1.00. The highest BCUT2D eigenvalue weighted by Gasteiger charge is 2.21. The smallest absolute Gasteiger partial charge is 0.0532 e. The van der Waals surface area contributed by atoms with Gasteiger partial charge in [-0.1, -0.05) is 13.8 Å². The quantitative estimate of drug-likeness (QED) is 0.738. The summed E-state index contributed by atoms with van der Waals surface area (Å²) >= 11 is 0. The van der Waals surface area contributed by atoms with Gasteiger partial charge < -0.3 is 10.1 Å². The largest absolute Gasteiger partial charge is 0.378 e. The van der Waals surface area contributed by atoms with Crippen LogP contribution in [0.2, 0.25) is 0 Å². The minimum Gasteiger partial charge on any atom is -0.378 e. The lowest BCUT2D eigenvalue weighted by Gasteiger charge is -2.30. The monoisotopic (exact) mass is 201 g/mol. The van der Waals surface area contributed by atoms with E-state index in [-0.39, 0.29) is 11.0 Å². The molecule has 14 heavy (non-hydrogen) atoms. The molecule has 0 aromatic rings. The number of rotatable bonds is 5. The molecule has 0 aliphatic rings. The Bertz CT molecular complexity index is 156. The predicted molar refractivity (Wildman–Crippen MR) is 62.6 cm³/mol. The van der Waals surface area contributed by atoms with Crippen LogP contribution >= 0.6 is 0 Å². The Kier molecular flexibility index (Phi) is 5.10. The number of hydrogen-bond acceptors (Lipinski definition) is 2. The molecule has 0 aromatic heterocycles. The van der Waals surface area contributed by atoms with Gasteiger partial charge in [-0.2, -0.15) is 0 Å². The van der Waals surface area contributed by atoms with Crippen LogP contribution in [-0.2, 0) is 4.74 Å². The first-order chi connectivity index (χ1) is 6.12. The maximum Gasteiger partial charge on any atom is 0.0532 e. The lowest BCUT2D eigenvalue weighted by Crippen LogP contribution is -2.43. The molecule has 0 saturated heterocycles. The summed E-state index contributed by atoms with van der Waals surface area (Å²) in [6.07, 6.45) is 0.323. The van der Waals surface area contributed by atoms with E-state index in [0.29, 0.717) is 6.10 Å². The minimum atomic E-state index is 0.190. The van der Waals surface area contributed by atoms with Gasteiger partial charge in [0, 0.05) is 17.5 Å². The third-order valence-corrected chi connectivity index (χ3v) is 1.90. The maximum absolute atomic E-state index is 5.63. The van der Waals surface area contributed by atoms with E-state index in [1.54, 1.807) is 0 Å². The molecule has 0 aliphatic heterocycles. The molecule has 1 N–H and O–H groups in total. The molecular weight excluding hydrogens is 174 g/mol. The Morgan fingerprint density at radius 3 is 1.93 bits per heavy atom. The van der Waals surface area contributed by atoms with Gasteiger partial charge in [-0.3, -0.25) is 0 Å². The van der Waals surface area contributed by atoms with E-state index in [4.69, 9.17) is 4.74 Å². The van der Waals surface area contributed by atoms with Gasteiger partial charge in [-0.15, -0.1) is 0 Å².